The van der Waals surface area contributed by atoms with E-state index >= 15 is 4.39 Å². The first-order valence-electron chi connectivity index (χ1n) is 10.4. The lowest BCUT2D eigenvalue weighted by molar-refractivity contribution is 0.448. The summed E-state index contributed by atoms with van der Waals surface area (Å²) in [6.07, 6.45) is 4.45. The minimum absolute atomic E-state index is 0.220. The zero-order valence-corrected chi connectivity index (χ0v) is 17.2. The molecule has 0 atom stereocenters. The van der Waals surface area contributed by atoms with Crippen LogP contribution in [-0.4, -0.2) is 0 Å². The third-order valence-corrected chi connectivity index (χ3v) is 5.60. The van der Waals surface area contributed by atoms with Gasteiger partial charge in [0.15, 0.2) is 17.5 Å². The van der Waals surface area contributed by atoms with Crippen molar-refractivity contribution in [3.8, 4) is 22.3 Å². The van der Waals surface area contributed by atoms with Crippen molar-refractivity contribution >= 4 is 10.8 Å². The van der Waals surface area contributed by atoms with Gasteiger partial charge in [-0.3, -0.25) is 0 Å². The van der Waals surface area contributed by atoms with Crippen molar-refractivity contribution in [2.75, 3.05) is 0 Å². The second-order valence-corrected chi connectivity index (χ2v) is 7.77. The Balaban J connectivity index is 1.64. The molecular weight excluding hydrogens is 400 g/mol. The molecule has 0 fully saturated rings. The molecule has 0 amide bonds. The second kappa shape index (κ2) is 8.93. The van der Waals surface area contributed by atoms with Gasteiger partial charge in [0.25, 0.3) is 0 Å². The molecule has 0 aliphatic carbocycles. The summed E-state index contributed by atoms with van der Waals surface area (Å²) in [6.45, 7) is 2.17. The summed E-state index contributed by atoms with van der Waals surface area (Å²) in [5.74, 6) is -4.28. The van der Waals surface area contributed by atoms with E-state index in [1.54, 1.807) is 30.3 Å². The fourth-order valence-corrected chi connectivity index (χ4v) is 3.86. The lowest BCUT2D eigenvalue weighted by Crippen LogP contribution is -1.92. The second-order valence-electron chi connectivity index (χ2n) is 7.77. The van der Waals surface area contributed by atoms with E-state index in [2.05, 4.69) is 6.92 Å². The molecular formula is C27H22F4. The van der Waals surface area contributed by atoms with Gasteiger partial charge in [-0.05, 0) is 52.6 Å². The fraction of sp³-hybridized carbons (Fsp3) is 0.185. The van der Waals surface area contributed by atoms with E-state index in [1.165, 1.54) is 12.0 Å². The van der Waals surface area contributed by atoms with Crippen molar-refractivity contribution in [3.63, 3.8) is 0 Å². The third-order valence-electron chi connectivity index (χ3n) is 5.60. The Bertz CT molecular complexity index is 1200. The lowest BCUT2D eigenvalue weighted by Gasteiger charge is -2.10. The topological polar surface area (TPSA) is 0 Å². The van der Waals surface area contributed by atoms with E-state index in [-0.39, 0.29) is 11.4 Å². The molecule has 0 unspecified atom stereocenters. The van der Waals surface area contributed by atoms with Crippen LogP contribution in [0.25, 0.3) is 33.0 Å². The third kappa shape index (κ3) is 4.34. The number of fused-ring (bicyclic) bond motifs is 1. The first kappa shape index (κ1) is 21.1. The van der Waals surface area contributed by atoms with Crippen LogP contribution in [0, 0.1) is 23.3 Å². The number of halogens is 4. The molecule has 0 bridgehead atoms. The van der Waals surface area contributed by atoms with Crippen LogP contribution in [-0.2, 0) is 6.42 Å². The first-order valence-corrected chi connectivity index (χ1v) is 10.4. The van der Waals surface area contributed by atoms with Crippen LogP contribution in [0.2, 0.25) is 0 Å². The van der Waals surface area contributed by atoms with Crippen LogP contribution < -0.4 is 0 Å². The molecule has 0 N–H and O–H groups in total. The van der Waals surface area contributed by atoms with Gasteiger partial charge >= 0.3 is 0 Å². The van der Waals surface area contributed by atoms with Gasteiger partial charge in [0.1, 0.15) is 5.82 Å². The first-order chi connectivity index (χ1) is 15.0. The summed E-state index contributed by atoms with van der Waals surface area (Å²) in [6, 6.07) is 18.1. The molecule has 4 rings (SSSR count). The summed E-state index contributed by atoms with van der Waals surface area (Å²) in [7, 11) is 0. The van der Waals surface area contributed by atoms with Crippen molar-refractivity contribution in [1.29, 1.82) is 0 Å². The molecule has 0 saturated heterocycles. The Morgan fingerprint density at radius 2 is 1.29 bits per heavy atom. The Labute approximate surface area is 179 Å². The normalized spacial score (nSPS) is 11.3. The smallest absolute Gasteiger partial charge is 0.194 e. The summed E-state index contributed by atoms with van der Waals surface area (Å²) < 4.78 is 55.5. The van der Waals surface area contributed by atoms with E-state index in [1.807, 2.05) is 24.3 Å². The van der Waals surface area contributed by atoms with Gasteiger partial charge in [-0.2, -0.15) is 0 Å². The van der Waals surface area contributed by atoms with Crippen LogP contribution in [0.3, 0.4) is 0 Å². The maximum absolute atomic E-state index is 15.2. The quantitative estimate of drug-likeness (QED) is 0.166. The van der Waals surface area contributed by atoms with Crippen LogP contribution >= 0.6 is 0 Å². The number of hydrogen-bond donors (Lipinski definition) is 0. The van der Waals surface area contributed by atoms with Crippen molar-refractivity contribution in [2.24, 2.45) is 0 Å². The average Bonchev–Trinajstić information content (AvgIpc) is 2.78. The molecule has 0 aromatic heterocycles. The fourth-order valence-electron chi connectivity index (χ4n) is 3.86. The van der Waals surface area contributed by atoms with Crippen molar-refractivity contribution in [3.05, 3.63) is 95.6 Å². The van der Waals surface area contributed by atoms with Crippen molar-refractivity contribution < 1.29 is 17.6 Å². The van der Waals surface area contributed by atoms with Crippen LogP contribution in [0.1, 0.15) is 31.7 Å². The van der Waals surface area contributed by atoms with Gasteiger partial charge in [0.2, 0.25) is 0 Å². The minimum Gasteiger partial charge on any atom is -0.206 e. The number of rotatable bonds is 6. The molecule has 4 aromatic rings. The molecule has 0 aliphatic heterocycles. The van der Waals surface area contributed by atoms with E-state index in [0.717, 1.165) is 36.8 Å². The largest absolute Gasteiger partial charge is 0.206 e. The van der Waals surface area contributed by atoms with E-state index in [9.17, 15) is 13.2 Å². The monoisotopic (exact) mass is 422 g/mol. The average molecular weight is 422 g/mol. The molecule has 31 heavy (non-hydrogen) atoms. The number of benzene rings is 4. The standard InChI is InChI=1S/C27H22F4/c1-2-3-4-5-17-6-12-23-20(14-17)11-13-22(26(23)30)19-9-7-18(8-10-19)21-15-24(28)27(31)25(29)16-21/h6-16H,2-5H2,1H3. The SMILES string of the molecule is CCCCCc1ccc2c(F)c(-c3ccc(-c4cc(F)c(F)c(F)c4)cc3)ccc2c1. The lowest BCUT2D eigenvalue weighted by atomic mass is 9.96. The molecule has 0 heterocycles. The van der Waals surface area contributed by atoms with Crippen molar-refractivity contribution in [1.82, 2.24) is 0 Å². The van der Waals surface area contributed by atoms with Gasteiger partial charge in [-0.25, -0.2) is 17.6 Å². The highest BCUT2D eigenvalue weighted by Crippen LogP contribution is 2.32. The Kier molecular flexibility index (Phi) is 6.08. The minimum atomic E-state index is -1.49. The van der Waals surface area contributed by atoms with Crippen LogP contribution in [0.15, 0.2) is 66.7 Å². The van der Waals surface area contributed by atoms with Gasteiger partial charge in [0.05, 0.1) is 0 Å². The van der Waals surface area contributed by atoms with Gasteiger partial charge in [-0.15, -0.1) is 0 Å². The van der Waals surface area contributed by atoms with E-state index < -0.39 is 17.5 Å². The zero-order chi connectivity index (χ0) is 22.0. The molecule has 0 saturated carbocycles. The Morgan fingerprint density at radius 1 is 0.613 bits per heavy atom. The van der Waals surface area contributed by atoms with Crippen LogP contribution in [0.4, 0.5) is 17.6 Å². The molecule has 0 spiro atoms. The van der Waals surface area contributed by atoms with Gasteiger partial charge in [-0.1, -0.05) is 74.4 Å². The number of unbranched alkanes of at least 4 members (excludes halogenated alkanes) is 2. The molecule has 0 nitrogen and oxygen atoms in total. The summed E-state index contributed by atoms with van der Waals surface area (Å²) >= 11 is 0. The molecule has 4 heteroatoms. The van der Waals surface area contributed by atoms with E-state index in [4.69, 9.17) is 0 Å². The number of aryl methyl sites for hydroxylation is 1. The van der Waals surface area contributed by atoms with Crippen LogP contribution in [0.5, 0.6) is 0 Å². The number of hydrogen-bond acceptors (Lipinski definition) is 0. The van der Waals surface area contributed by atoms with E-state index in [0.29, 0.717) is 22.1 Å². The maximum atomic E-state index is 15.2. The highest BCUT2D eigenvalue weighted by molar-refractivity contribution is 5.89. The summed E-state index contributed by atoms with van der Waals surface area (Å²) in [5.41, 5.74) is 3.04. The predicted molar refractivity (Wildman–Crippen MR) is 118 cm³/mol. The molecule has 0 aliphatic rings. The summed E-state index contributed by atoms with van der Waals surface area (Å²) in [5, 5.41) is 1.42. The highest BCUT2D eigenvalue weighted by Gasteiger charge is 2.13. The van der Waals surface area contributed by atoms with Gasteiger partial charge < -0.3 is 0 Å². The molecule has 4 aromatic carbocycles. The van der Waals surface area contributed by atoms with Crippen molar-refractivity contribution in [2.45, 2.75) is 32.6 Å². The summed E-state index contributed by atoms with van der Waals surface area (Å²) in [4.78, 5) is 0. The molecule has 0 radical (unpaired) electrons. The Morgan fingerprint density at radius 3 is 1.97 bits per heavy atom. The Hall–Kier alpha value is -3.14. The zero-order valence-electron chi connectivity index (χ0n) is 17.2. The highest BCUT2D eigenvalue weighted by atomic mass is 19.2. The predicted octanol–water partition coefficient (Wildman–Crippen LogP) is 8.46. The molecule has 158 valence electrons. The maximum Gasteiger partial charge on any atom is 0.194 e. The van der Waals surface area contributed by atoms with Gasteiger partial charge in [0, 0.05) is 10.9 Å².